The second kappa shape index (κ2) is 18.5. The maximum atomic E-state index is 13.4. The van der Waals surface area contributed by atoms with E-state index in [1.54, 1.807) is 0 Å². The summed E-state index contributed by atoms with van der Waals surface area (Å²) in [6.07, 6.45) is -14.7. The Kier molecular flexibility index (Phi) is 14.1. The lowest BCUT2D eigenvalue weighted by Crippen LogP contribution is -2.67. The molecule has 10 N–H and O–H groups in total. The first-order valence-electron chi connectivity index (χ1n) is 22.9. The highest BCUT2D eigenvalue weighted by molar-refractivity contribution is 5.63. The predicted octanol–water partition coefficient (Wildman–Crippen LogP) is -0.849. The van der Waals surface area contributed by atoms with Gasteiger partial charge in [0, 0.05) is 17.3 Å². The number of hydrogen-bond donors (Lipinski definition) is 10. The van der Waals surface area contributed by atoms with Crippen molar-refractivity contribution in [1.29, 1.82) is 0 Å². The molecule has 63 heavy (non-hydrogen) atoms. The molecule has 7 fully saturated rings. The molecule has 26 atom stereocenters. The summed E-state index contributed by atoms with van der Waals surface area (Å²) in [5.74, 6) is 0.543. The largest absolute Gasteiger partial charge is 0.394 e. The Labute approximate surface area is 367 Å². The van der Waals surface area contributed by atoms with Crippen molar-refractivity contribution < 1.29 is 89.0 Å². The molecular formula is C45H70O18. The van der Waals surface area contributed by atoms with E-state index in [0.717, 1.165) is 37.7 Å². The average Bonchev–Trinajstić information content (AvgIpc) is 3.60. The van der Waals surface area contributed by atoms with Gasteiger partial charge in [0.25, 0.3) is 0 Å². The number of rotatable bonds is 10. The monoisotopic (exact) mass is 898 g/mol. The molecule has 18 nitrogen and oxygen atoms in total. The molecule has 0 aromatic carbocycles. The second-order valence-electron chi connectivity index (χ2n) is 20.3. The highest BCUT2D eigenvalue weighted by Gasteiger charge is 2.67. The minimum absolute atomic E-state index is 0.0102. The molecule has 0 unspecified atom stereocenters. The van der Waals surface area contributed by atoms with Crippen molar-refractivity contribution in [2.45, 2.75) is 190 Å². The summed E-state index contributed by atoms with van der Waals surface area (Å²) in [6.45, 7) is 8.47. The van der Waals surface area contributed by atoms with Crippen molar-refractivity contribution in [2.24, 2.45) is 46.3 Å². The Balaban J connectivity index is 1.00. The Morgan fingerprint density at radius 2 is 1.37 bits per heavy atom. The van der Waals surface area contributed by atoms with Crippen LogP contribution in [0.5, 0.6) is 0 Å². The standard InChI is InChI=1S/C45H70O18/c1-18(2)12-24-19(3)30-27(59-40(24)56)14-26-23-7-6-21-13-22(8-10-44(21,5)25(23)9-11-45(26,30)17-48)58-42-38(35(53)32(50)28(15-46)60-42)63-43-39(36(54)33(51)29(16-47)61-43)62-41-37(55)34(52)31(49)20(4)57-41/h6,12,17,19-20,22-43,46-47,49-56H,7-11,13-16H2,1-5H3/t19-,20+,22+,23-,24-,25+,26+,27+,28-,29-,30+,31+,32-,33-,34-,35+,36+,37-,38-,39-,40-,41+,42-,43+,44+,45-/m1/s1. The molecule has 0 spiro atoms. The molecule has 0 radical (unpaired) electrons. The number of aldehydes is 1. The topological polar surface area (TPSA) is 284 Å². The van der Waals surface area contributed by atoms with Crippen LogP contribution in [0.15, 0.2) is 23.3 Å². The molecule has 0 aromatic rings. The van der Waals surface area contributed by atoms with Crippen molar-refractivity contribution in [3.8, 4) is 0 Å². The van der Waals surface area contributed by atoms with Gasteiger partial charge >= 0.3 is 0 Å². The lowest BCUT2D eigenvalue weighted by atomic mass is 9.46. The third-order valence-electron chi connectivity index (χ3n) is 16.7. The Morgan fingerprint density at radius 1 is 0.746 bits per heavy atom. The predicted molar refractivity (Wildman–Crippen MR) is 216 cm³/mol. The van der Waals surface area contributed by atoms with E-state index in [1.165, 1.54) is 18.8 Å². The fourth-order valence-electron chi connectivity index (χ4n) is 13.3. The number of ether oxygens (including phenoxy) is 7. The summed E-state index contributed by atoms with van der Waals surface area (Å²) in [6, 6.07) is 0. The van der Waals surface area contributed by atoms with E-state index >= 15 is 0 Å². The molecule has 4 heterocycles. The van der Waals surface area contributed by atoms with Gasteiger partial charge in [0.1, 0.15) is 73.4 Å². The zero-order valence-corrected chi connectivity index (χ0v) is 36.7. The summed E-state index contributed by atoms with van der Waals surface area (Å²) in [7, 11) is 0. The molecular weight excluding hydrogens is 828 g/mol. The fourth-order valence-corrected chi connectivity index (χ4v) is 13.3. The van der Waals surface area contributed by atoms with Crippen molar-refractivity contribution in [1.82, 2.24) is 0 Å². The van der Waals surface area contributed by atoms with E-state index < -0.39 is 123 Å². The van der Waals surface area contributed by atoms with Gasteiger partial charge in [-0.1, -0.05) is 37.1 Å². The Morgan fingerprint density at radius 3 is 1.97 bits per heavy atom. The molecule has 8 rings (SSSR count). The van der Waals surface area contributed by atoms with Crippen LogP contribution in [0.3, 0.4) is 0 Å². The first kappa shape index (κ1) is 47.9. The van der Waals surface area contributed by atoms with Crippen LogP contribution in [-0.4, -0.2) is 181 Å². The number of carbonyl (C=O) groups is 1. The minimum Gasteiger partial charge on any atom is -0.394 e. The summed E-state index contributed by atoms with van der Waals surface area (Å²) in [5.41, 5.74) is 1.58. The minimum atomic E-state index is -1.84. The number of allylic oxidation sites excluding steroid dienone is 2. The van der Waals surface area contributed by atoms with E-state index in [1.807, 2.05) is 13.8 Å². The SMILES string of the molecule is CC(C)=C[C@@H]1[C@@H](C)[C@H]2[C@H](C[C@H]3[C@@H]4CC=C5C[C@@H](O[C@@H]6O[C@H](CO)[C@@H](O)[C@H](O)[C@H]6O[C@@H]6O[C@H](CO)[C@@H](O)[C@H](O)[C@H]6O[C@@H]6O[C@@H](C)[C@H](O)[C@@H](O)[C@H]6O)CC[C@]5(C)[C@H]4CC[C@]23C=O)O[C@H]1O. The first-order valence-corrected chi connectivity index (χ1v) is 22.9. The number of carbonyl (C=O) groups excluding carboxylic acids is 1. The third-order valence-corrected chi connectivity index (χ3v) is 16.7. The van der Waals surface area contributed by atoms with E-state index in [-0.39, 0.29) is 41.1 Å². The summed E-state index contributed by atoms with van der Waals surface area (Å²) < 4.78 is 42.5. The summed E-state index contributed by atoms with van der Waals surface area (Å²) in [4.78, 5) is 13.4. The van der Waals surface area contributed by atoms with E-state index in [0.29, 0.717) is 18.8 Å². The van der Waals surface area contributed by atoms with Crippen molar-refractivity contribution in [3.05, 3.63) is 23.3 Å². The van der Waals surface area contributed by atoms with Crippen LogP contribution >= 0.6 is 0 Å². The molecule has 0 amide bonds. The lowest BCUT2D eigenvalue weighted by molar-refractivity contribution is -0.394. The van der Waals surface area contributed by atoms with Gasteiger partial charge in [-0.15, -0.1) is 0 Å². The fraction of sp³-hybridized carbons (Fsp3) is 0.889. The highest BCUT2D eigenvalue weighted by Crippen LogP contribution is 2.68. The number of aliphatic hydroxyl groups is 10. The molecule has 0 aromatic heterocycles. The quantitative estimate of drug-likeness (QED) is 0.0945. The van der Waals surface area contributed by atoms with Gasteiger partial charge in [0.2, 0.25) is 0 Å². The zero-order chi connectivity index (χ0) is 45.4. The van der Waals surface area contributed by atoms with Crippen LogP contribution in [0, 0.1) is 46.3 Å². The molecule has 3 saturated carbocycles. The third kappa shape index (κ3) is 8.23. The molecule has 8 aliphatic rings. The molecule has 358 valence electrons. The maximum absolute atomic E-state index is 13.4. The molecule has 0 bridgehead atoms. The molecule has 18 heteroatoms. The van der Waals surface area contributed by atoms with Crippen LogP contribution in [0.2, 0.25) is 0 Å². The average molecular weight is 899 g/mol. The van der Waals surface area contributed by atoms with Crippen LogP contribution < -0.4 is 0 Å². The van der Waals surface area contributed by atoms with Gasteiger partial charge in [0.15, 0.2) is 25.2 Å². The second-order valence-corrected chi connectivity index (χ2v) is 20.3. The smallest absolute Gasteiger partial charge is 0.187 e. The number of hydrogen-bond acceptors (Lipinski definition) is 18. The van der Waals surface area contributed by atoms with Gasteiger partial charge in [-0.3, -0.25) is 0 Å². The highest BCUT2D eigenvalue weighted by atomic mass is 16.8. The normalized spacial score (nSPS) is 54.5. The van der Waals surface area contributed by atoms with Crippen LogP contribution in [0.4, 0.5) is 0 Å². The van der Waals surface area contributed by atoms with E-state index in [2.05, 4.69) is 26.0 Å². The first-order chi connectivity index (χ1) is 29.9. The van der Waals surface area contributed by atoms with E-state index in [9.17, 15) is 55.9 Å². The zero-order valence-electron chi connectivity index (χ0n) is 36.7. The molecule has 4 aliphatic heterocycles. The Bertz CT molecular complexity index is 1680. The van der Waals surface area contributed by atoms with Gasteiger partial charge in [-0.25, -0.2) is 0 Å². The van der Waals surface area contributed by atoms with Crippen molar-refractivity contribution in [3.63, 3.8) is 0 Å². The Hall–Kier alpha value is -1.53. The van der Waals surface area contributed by atoms with Crippen molar-refractivity contribution >= 4 is 6.29 Å². The van der Waals surface area contributed by atoms with Crippen LogP contribution in [0.25, 0.3) is 0 Å². The number of fused-ring (bicyclic) bond motifs is 7. The molecule has 4 aliphatic carbocycles. The summed E-state index contributed by atoms with van der Waals surface area (Å²) >= 11 is 0. The van der Waals surface area contributed by atoms with Crippen LogP contribution in [-0.2, 0) is 38.0 Å². The molecule has 4 saturated heterocycles. The van der Waals surface area contributed by atoms with Gasteiger partial charge in [-0.2, -0.15) is 0 Å². The van der Waals surface area contributed by atoms with Gasteiger partial charge in [-0.05, 0) is 94.8 Å². The van der Waals surface area contributed by atoms with Crippen LogP contribution in [0.1, 0.15) is 79.6 Å². The number of aliphatic hydroxyl groups excluding tert-OH is 10. The van der Waals surface area contributed by atoms with Gasteiger partial charge in [0.05, 0.1) is 31.5 Å². The maximum Gasteiger partial charge on any atom is 0.187 e. The van der Waals surface area contributed by atoms with E-state index in [4.69, 9.17) is 33.2 Å². The lowest BCUT2D eigenvalue weighted by Gasteiger charge is -2.58. The van der Waals surface area contributed by atoms with Crippen molar-refractivity contribution in [2.75, 3.05) is 13.2 Å². The summed E-state index contributed by atoms with van der Waals surface area (Å²) in [5, 5.41) is 107. The van der Waals surface area contributed by atoms with Gasteiger partial charge < -0.3 is 89.0 Å².